The average molecular weight is 205 g/mol. The van der Waals surface area contributed by atoms with E-state index in [9.17, 15) is 4.57 Å². The first-order valence-electron chi connectivity index (χ1n) is 5.23. The Morgan fingerprint density at radius 2 is 1.92 bits per heavy atom. The van der Waals surface area contributed by atoms with Gasteiger partial charge in [0, 0.05) is 6.16 Å². The zero-order valence-corrected chi connectivity index (χ0v) is 10.1. The van der Waals surface area contributed by atoms with Gasteiger partial charge < -0.3 is 10.3 Å². The number of unbranched alkanes of at least 4 members (excludes halogenated alkanes) is 2. The summed E-state index contributed by atoms with van der Waals surface area (Å²) in [6.45, 7) is 6.60. The van der Waals surface area contributed by atoms with E-state index in [0.29, 0.717) is 12.5 Å². The molecule has 0 aromatic heterocycles. The van der Waals surface area contributed by atoms with Crippen LogP contribution in [-0.2, 0) is 4.57 Å². The molecule has 80 valence electrons. The summed E-state index contributed by atoms with van der Waals surface area (Å²) in [4.78, 5) is 0. The Hall–Kier alpha value is 0.190. The lowest BCUT2D eigenvalue weighted by Crippen LogP contribution is -2.18. The van der Waals surface area contributed by atoms with Gasteiger partial charge in [-0.25, -0.2) is 0 Å². The molecule has 0 saturated carbocycles. The molecule has 0 aromatic carbocycles. The van der Waals surface area contributed by atoms with E-state index < -0.39 is 7.14 Å². The molecule has 0 bridgehead atoms. The third kappa shape index (κ3) is 8.52. The van der Waals surface area contributed by atoms with Crippen molar-refractivity contribution in [1.29, 1.82) is 0 Å². The first-order chi connectivity index (χ1) is 5.99. The lowest BCUT2D eigenvalue weighted by Gasteiger charge is -2.16. The van der Waals surface area contributed by atoms with Crippen molar-refractivity contribution in [2.75, 3.05) is 26.0 Å². The molecule has 0 aliphatic heterocycles. The SMILES string of the molecule is CCCCCC(CN)CP(C)(C)=O. The third-order valence-electron chi connectivity index (χ3n) is 2.25. The topological polar surface area (TPSA) is 43.1 Å². The van der Waals surface area contributed by atoms with E-state index in [1.807, 2.05) is 13.3 Å². The molecule has 0 spiro atoms. The number of hydrogen-bond acceptors (Lipinski definition) is 2. The Bertz CT molecular complexity index is 164. The van der Waals surface area contributed by atoms with Crippen LogP contribution in [0.2, 0.25) is 0 Å². The molecule has 1 unspecified atom stereocenters. The summed E-state index contributed by atoms with van der Waals surface area (Å²) in [6, 6.07) is 0. The van der Waals surface area contributed by atoms with Gasteiger partial charge >= 0.3 is 0 Å². The highest BCUT2D eigenvalue weighted by Crippen LogP contribution is 2.39. The van der Waals surface area contributed by atoms with Gasteiger partial charge in [0.05, 0.1) is 7.14 Å². The number of hydrogen-bond donors (Lipinski definition) is 1. The Morgan fingerprint density at radius 3 is 2.31 bits per heavy atom. The second kappa shape index (κ2) is 6.62. The summed E-state index contributed by atoms with van der Waals surface area (Å²) in [6.07, 6.45) is 5.73. The molecule has 0 radical (unpaired) electrons. The fraction of sp³-hybridized carbons (Fsp3) is 1.00. The maximum atomic E-state index is 11.6. The first-order valence-corrected chi connectivity index (χ1v) is 8.02. The van der Waals surface area contributed by atoms with Crippen molar-refractivity contribution in [2.45, 2.75) is 32.6 Å². The van der Waals surface area contributed by atoms with Gasteiger partial charge in [0.1, 0.15) is 0 Å². The molecule has 0 aliphatic rings. The summed E-state index contributed by atoms with van der Waals surface area (Å²) < 4.78 is 11.6. The van der Waals surface area contributed by atoms with Crippen molar-refractivity contribution in [2.24, 2.45) is 11.7 Å². The summed E-state index contributed by atoms with van der Waals surface area (Å²) in [5.41, 5.74) is 5.64. The van der Waals surface area contributed by atoms with Crippen LogP contribution in [0.5, 0.6) is 0 Å². The quantitative estimate of drug-likeness (QED) is 0.513. The molecule has 3 heteroatoms. The fourth-order valence-corrected chi connectivity index (χ4v) is 3.16. The summed E-state index contributed by atoms with van der Waals surface area (Å²) in [5.74, 6) is 0.479. The zero-order chi connectivity index (χ0) is 10.3. The number of rotatable bonds is 7. The number of nitrogens with two attached hydrogens (primary N) is 1. The van der Waals surface area contributed by atoms with Crippen molar-refractivity contribution in [1.82, 2.24) is 0 Å². The first kappa shape index (κ1) is 13.2. The van der Waals surface area contributed by atoms with Crippen LogP contribution in [0.25, 0.3) is 0 Å². The summed E-state index contributed by atoms with van der Waals surface area (Å²) in [5, 5.41) is 0. The van der Waals surface area contributed by atoms with Gasteiger partial charge in [0.15, 0.2) is 0 Å². The van der Waals surface area contributed by atoms with Crippen LogP contribution < -0.4 is 5.73 Å². The second-order valence-electron chi connectivity index (χ2n) is 4.35. The van der Waals surface area contributed by atoms with Crippen molar-refractivity contribution in [3.05, 3.63) is 0 Å². The minimum Gasteiger partial charge on any atom is -0.330 e. The predicted octanol–water partition coefficient (Wildman–Crippen LogP) is 2.76. The molecule has 2 N–H and O–H groups in total. The van der Waals surface area contributed by atoms with Gasteiger partial charge in [0.2, 0.25) is 0 Å². The maximum Gasteiger partial charge on any atom is 0.0822 e. The highest BCUT2D eigenvalue weighted by Gasteiger charge is 2.15. The molecule has 0 saturated heterocycles. The fourth-order valence-electron chi connectivity index (χ4n) is 1.59. The molecular formula is C10H24NOP. The van der Waals surface area contributed by atoms with Crippen LogP contribution in [0.1, 0.15) is 32.6 Å². The largest absolute Gasteiger partial charge is 0.330 e. The van der Waals surface area contributed by atoms with Crippen molar-refractivity contribution in [3.8, 4) is 0 Å². The molecule has 0 amide bonds. The summed E-state index contributed by atoms with van der Waals surface area (Å²) in [7, 11) is -1.87. The van der Waals surface area contributed by atoms with E-state index in [0.717, 1.165) is 12.6 Å². The monoisotopic (exact) mass is 205 g/mol. The standard InChI is InChI=1S/C10H24NOP/c1-4-5-6-7-10(8-11)9-13(2,3)12/h10H,4-9,11H2,1-3H3. The molecule has 1 atom stereocenters. The lowest BCUT2D eigenvalue weighted by molar-refractivity contribution is 0.497. The van der Waals surface area contributed by atoms with Crippen molar-refractivity contribution < 1.29 is 4.57 Å². The zero-order valence-electron chi connectivity index (χ0n) is 9.25. The minimum atomic E-state index is -1.87. The Kier molecular flexibility index (Phi) is 6.71. The van der Waals surface area contributed by atoms with E-state index in [2.05, 4.69) is 6.92 Å². The van der Waals surface area contributed by atoms with Crippen LogP contribution in [0.15, 0.2) is 0 Å². The second-order valence-corrected chi connectivity index (χ2v) is 7.87. The van der Waals surface area contributed by atoms with Crippen LogP contribution >= 0.6 is 7.14 Å². The van der Waals surface area contributed by atoms with Gasteiger partial charge in [0.25, 0.3) is 0 Å². The highest BCUT2D eigenvalue weighted by atomic mass is 31.2. The maximum absolute atomic E-state index is 11.6. The van der Waals surface area contributed by atoms with Gasteiger partial charge in [-0.2, -0.15) is 0 Å². The summed E-state index contributed by atoms with van der Waals surface area (Å²) >= 11 is 0. The molecule has 0 aliphatic carbocycles. The van der Waals surface area contributed by atoms with Crippen LogP contribution in [0.4, 0.5) is 0 Å². The molecule has 13 heavy (non-hydrogen) atoms. The van der Waals surface area contributed by atoms with Crippen LogP contribution in [0.3, 0.4) is 0 Å². The van der Waals surface area contributed by atoms with Gasteiger partial charge in [-0.15, -0.1) is 0 Å². The Morgan fingerprint density at radius 1 is 1.31 bits per heavy atom. The van der Waals surface area contributed by atoms with Crippen molar-refractivity contribution in [3.63, 3.8) is 0 Å². The molecule has 0 rings (SSSR count). The van der Waals surface area contributed by atoms with Gasteiger partial charge in [-0.1, -0.05) is 26.2 Å². The molecular weight excluding hydrogens is 181 g/mol. The molecule has 0 fully saturated rings. The van der Waals surface area contributed by atoms with E-state index in [1.54, 1.807) is 0 Å². The van der Waals surface area contributed by atoms with Crippen LogP contribution in [0, 0.1) is 5.92 Å². The van der Waals surface area contributed by atoms with E-state index in [4.69, 9.17) is 5.73 Å². The lowest BCUT2D eigenvalue weighted by atomic mass is 10.0. The van der Waals surface area contributed by atoms with E-state index in [1.165, 1.54) is 19.3 Å². The smallest absolute Gasteiger partial charge is 0.0822 e. The third-order valence-corrected chi connectivity index (χ3v) is 3.64. The Labute approximate surface area is 82.7 Å². The minimum absolute atomic E-state index is 0.479. The van der Waals surface area contributed by atoms with Gasteiger partial charge in [-0.3, -0.25) is 0 Å². The molecule has 0 aromatic rings. The van der Waals surface area contributed by atoms with E-state index in [-0.39, 0.29) is 0 Å². The van der Waals surface area contributed by atoms with Crippen LogP contribution in [-0.4, -0.2) is 26.0 Å². The normalized spacial score (nSPS) is 14.5. The van der Waals surface area contributed by atoms with E-state index >= 15 is 0 Å². The predicted molar refractivity (Wildman–Crippen MR) is 61.0 cm³/mol. The van der Waals surface area contributed by atoms with Gasteiger partial charge in [-0.05, 0) is 32.2 Å². The molecule has 0 heterocycles. The molecule has 2 nitrogen and oxygen atoms in total. The highest BCUT2D eigenvalue weighted by molar-refractivity contribution is 7.62. The Balaban J connectivity index is 3.70. The van der Waals surface area contributed by atoms with Crippen molar-refractivity contribution >= 4 is 7.14 Å². The average Bonchev–Trinajstić information content (AvgIpc) is 2.01.